The minimum Gasteiger partial charge on any atom is -0.398 e. The molecular formula is C19H25IN4. The maximum atomic E-state index is 7.41. The lowest BCUT2D eigenvalue weighted by Gasteiger charge is -2.09. The van der Waals surface area contributed by atoms with E-state index in [-0.39, 0.29) is 26.8 Å². The minimum atomic E-state index is 0. The molecule has 1 heterocycles. The third-order valence-corrected chi connectivity index (χ3v) is 3.38. The first-order valence-electron chi connectivity index (χ1n) is 7.21. The van der Waals surface area contributed by atoms with Gasteiger partial charge in [0.05, 0.1) is 0 Å². The molecule has 0 saturated carbocycles. The van der Waals surface area contributed by atoms with Crippen LogP contribution in [0, 0.1) is 5.41 Å². The van der Waals surface area contributed by atoms with Gasteiger partial charge in [-0.05, 0) is 41.5 Å². The van der Waals surface area contributed by atoms with E-state index in [0.717, 1.165) is 22.4 Å². The highest BCUT2D eigenvalue weighted by atomic mass is 127. The number of nitrogens with zero attached hydrogens (tertiary/aromatic N) is 1. The van der Waals surface area contributed by atoms with Gasteiger partial charge in [0.25, 0.3) is 0 Å². The van der Waals surface area contributed by atoms with Crippen LogP contribution in [0.4, 0.5) is 5.69 Å². The fourth-order valence-electron chi connectivity index (χ4n) is 2.15. The number of anilines is 1. The summed E-state index contributed by atoms with van der Waals surface area (Å²) < 4.78 is 0. The standard InChI is InChI=1S/C19H20N4.HI.2H2/c1-3-5-18(4-2)23-12-14-8-17(13-22-11-14)15-6-7-19(21)16(9-15)10-20;;;/h3-11,13,20,23H,1-2,12,21H2;3*1H/b18-5+,20-10?;;;. The Morgan fingerprint density at radius 1 is 1.25 bits per heavy atom. The van der Waals surface area contributed by atoms with E-state index in [2.05, 4.69) is 29.5 Å². The highest BCUT2D eigenvalue weighted by molar-refractivity contribution is 14.0. The highest BCUT2D eigenvalue weighted by Crippen LogP contribution is 2.23. The molecule has 128 valence electrons. The van der Waals surface area contributed by atoms with E-state index in [1.165, 1.54) is 6.21 Å². The van der Waals surface area contributed by atoms with Crippen molar-refractivity contribution >= 4 is 35.9 Å². The van der Waals surface area contributed by atoms with Gasteiger partial charge in [0, 0.05) is 50.5 Å². The normalized spacial score (nSPS) is 10.4. The largest absolute Gasteiger partial charge is 0.398 e. The molecule has 4 nitrogen and oxygen atoms in total. The number of nitrogens with one attached hydrogen (secondary N) is 2. The summed E-state index contributed by atoms with van der Waals surface area (Å²) in [6, 6.07) is 7.70. The van der Waals surface area contributed by atoms with Crippen LogP contribution in [0.15, 0.2) is 73.7 Å². The number of rotatable bonds is 7. The molecule has 4 N–H and O–H groups in total. The van der Waals surface area contributed by atoms with Gasteiger partial charge in [0.1, 0.15) is 0 Å². The van der Waals surface area contributed by atoms with Crippen molar-refractivity contribution in [2.45, 2.75) is 6.54 Å². The van der Waals surface area contributed by atoms with Gasteiger partial charge in [-0.15, -0.1) is 24.0 Å². The number of aromatic nitrogens is 1. The number of hydrogen-bond donors (Lipinski definition) is 3. The number of pyridine rings is 1. The highest BCUT2D eigenvalue weighted by Gasteiger charge is 2.04. The van der Waals surface area contributed by atoms with Crippen molar-refractivity contribution in [1.82, 2.24) is 10.3 Å². The summed E-state index contributed by atoms with van der Waals surface area (Å²) in [6.07, 6.45) is 10.2. The Labute approximate surface area is 162 Å². The molecule has 0 unspecified atom stereocenters. The van der Waals surface area contributed by atoms with Gasteiger partial charge in [-0.2, -0.15) is 0 Å². The molecule has 0 fully saturated rings. The lowest BCUT2D eigenvalue weighted by atomic mass is 10.0. The van der Waals surface area contributed by atoms with Gasteiger partial charge >= 0.3 is 0 Å². The van der Waals surface area contributed by atoms with Crippen molar-refractivity contribution in [3.8, 4) is 11.1 Å². The maximum Gasteiger partial charge on any atom is 0.0416 e. The molecule has 0 aliphatic rings. The predicted molar refractivity (Wildman–Crippen MR) is 117 cm³/mol. The predicted octanol–water partition coefficient (Wildman–Crippen LogP) is 4.78. The van der Waals surface area contributed by atoms with Crippen LogP contribution in [-0.4, -0.2) is 11.2 Å². The van der Waals surface area contributed by atoms with E-state index >= 15 is 0 Å². The monoisotopic (exact) mass is 436 g/mol. The van der Waals surface area contributed by atoms with Crippen LogP contribution >= 0.6 is 24.0 Å². The molecule has 0 bridgehead atoms. The summed E-state index contributed by atoms with van der Waals surface area (Å²) in [7, 11) is 0. The topological polar surface area (TPSA) is 74.8 Å². The fraction of sp³-hybridized carbons (Fsp3) is 0.0526. The summed E-state index contributed by atoms with van der Waals surface area (Å²) in [4.78, 5) is 4.29. The van der Waals surface area contributed by atoms with Crippen molar-refractivity contribution in [2.24, 2.45) is 0 Å². The average Bonchev–Trinajstić information content (AvgIpc) is 2.59. The second-order valence-electron chi connectivity index (χ2n) is 4.99. The average molecular weight is 436 g/mol. The second kappa shape index (κ2) is 9.67. The number of allylic oxidation sites excluding steroid dienone is 3. The third kappa shape index (κ3) is 5.06. The van der Waals surface area contributed by atoms with Crippen LogP contribution in [0.1, 0.15) is 14.0 Å². The molecule has 1 aromatic carbocycles. The molecule has 0 atom stereocenters. The molecule has 5 heteroatoms. The van der Waals surface area contributed by atoms with Gasteiger partial charge < -0.3 is 16.5 Å². The lowest BCUT2D eigenvalue weighted by Crippen LogP contribution is -2.11. The van der Waals surface area contributed by atoms with E-state index in [0.29, 0.717) is 17.8 Å². The third-order valence-electron chi connectivity index (χ3n) is 3.38. The first kappa shape index (κ1) is 19.6. The molecule has 0 radical (unpaired) electrons. The summed E-state index contributed by atoms with van der Waals surface area (Å²) in [5, 5.41) is 10.7. The zero-order valence-electron chi connectivity index (χ0n) is 13.3. The van der Waals surface area contributed by atoms with Crippen LogP contribution in [0.3, 0.4) is 0 Å². The number of nitrogen functional groups attached to an aromatic ring is 1. The van der Waals surface area contributed by atoms with Crippen molar-refractivity contribution in [1.29, 1.82) is 5.41 Å². The smallest absolute Gasteiger partial charge is 0.0416 e. The Balaban J connectivity index is 0. The Kier molecular flexibility index (Phi) is 7.91. The molecular weight excluding hydrogens is 411 g/mol. The summed E-state index contributed by atoms with van der Waals surface area (Å²) in [5.41, 5.74) is 11.1. The minimum absolute atomic E-state index is 0. The van der Waals surface area contributed by atoms with E-state index in [9.17, 15) is 0 Å². The number of nitrogens with two attached hydrogens (primary N) is 1. The van der Waals surface area contributed by atoms with E-state index in [1.807, 2.05) is 30.5 Å². The SMILES string of the molecule is C=C/C=C(\C=C)NCc1cncc(-c2ccc(N)c(C=N)c2)c1.I.[HH].[HH]. The Hall–Kier alpha value is -2.41. The van der Waals surface area contributed by atoms with Crippen molar-refractivity contribution < 1.29 is 2.85 Å². The maximum absolute atomic E-state index is 7.41. The van der Waals surface area contributed by atoms with Gasteiger partial charge in [-0.25, -0.2) is 0 Å². The van der Waals surface area contributed by atoms with Gasteiger partial charge in [0.15, 0.2) is 0 Å². The molecule has 0 spiro atoms. The lowest BCUT2D eigenvalue weighted by molar-refractivity contribution is 0.829. The quantitative estimate of drug-likeness (QED) is 0.253. The second-order valence-corrected chi connectivity index (χ2v) is 4.99. The molecule has 1 aromatic heterocycles. The molecule has 0 aliphatic heterocycles. The summed E-state index contributed by atoms with van der Waals surface area (Å²) in [6.45, 7) is 8.07. The molecule has 0 amide bonds. The Morgan fingerprint density at radius 2 is 2.04 bits per heavy atom. The number of benzene rings is 1. The summed E-state index contributed by atoms with van der Waals surface area (Å²) in [5.74, 6) is 0. The first-order chi connectivity index (χ1) is 11.2. The van der Waals surface area contributed by atoms with E-state index in [4.69, 9.17) is 11.1 Å². The van der Waals surface area contributed by atoms with E-state index in [1.54, 1.807) is 18.3 Å². The van der Waals surface area contributed by atoms with Crippen LogP contribution in [0.5, 0.6) is 0 Å². The molecule has 2 aromatic rings. The van der Waals surface area contributed by atoms with Crippen molar-refractivity contribution in [3.63, 3.8) is 0 Å². The van der Waals surface area contributed by atoms with Crippen LogP contribution < -0.4 is 11.1 Å². The van der Waals surface area contributed by atoms with Crippen molar-refractivity contribution in [2.75, 3.05) is 5.73 Å². The molecule has 24 heavy (non-hydrogen) atoms. The molecule has 2 rings (SSSR count). The Bertz CT molecular complexity index is 776. The van der Waals surface area contributed by atoms with Crippen LogP contribution in [-0.2, 0) is 6.54 Å². The summed E-state index contributed by atoms with van der Waals surface area (Å²) >= 11 is 0. The zero-order chi connectivity index (χ0) is 16.7. The van der Waals surface area contributed by atoms with Crippen LogP contribution in [0.25, 0.3) is 11.1 Å². The van der Waals surface area contributed by atoms with Gasteiger partial charge in [-0.1, -0.05) is 25.3 Å². The van der Waals surface area contributed by atoms with Gasteiger partial charge in [0.2, 0.25) is 0 Å². The van der Waals surface area contributed by atoms with Crippen LogP contribution in [0.2, 0.25) is 0 Å². The zero-order valence-corrected chi connectivity index (χ0v) is 15.7. The number of halogens is 1. The first-order valence-corrected chi connectivity index (χ1v) is 7.21. The Morgan fingerprint density at radius 3 is 2.71 bits per heavy atom. The fourth-order valence-corrected chi connectivity index (χ4v) is 2.15. The molecule has 0 saturated heterocycles. The van der Waals surface area contributed by atoms with Gasteiger partial charge in [-0.3, -0.25) is 4.98 Å². The number of hydrogen-bond acceptors (Lipinski definition) is 4. The molecule has 0 aliphatic carbocycles. The van der Waals surface area contributed by atoms with Crippen molar-refractivity contribution in [3.05, 3.63) is 84.9 Å². The van der Waals surface area contributed by atoms with E-state index < -0.39 is 0 Å².